The average Bonchev–Trinajstić information content (AvgIpc) is 3.21. The van der Waals surface area contributed by atoms with E-state index in [-0.39, 0.29) is 66.6 Å². The molecule has 10 nitrogen and oxygen atoms in total. The molecule has 0 aliphatic rings. The van der Waals surface area contributed by atoms with Gasteiger partial charge in [-0.25, -0.2) is 9.07 Å². The molecule has 0 radical (unpaired) electrons. The number of pyridine rings is 1. The van der Waals surface area contributed by atoms with Gasteiger partial charge >= 0.3 is 29.6 Å². The third-order valence-corrected chi connectivity index (χ3v) is 5.26. The molecule has 3 aromatic rings. The van der Waals surface area contributed by atoms with Crippen molar-refractivity contribution in [1.82, 2.24) is 20.1 Å². The number of carbonyl (C=O) groups is 2. The number of aliphatic hydroxyl groups is 2. The Labute approximate surface area is 235 Å². The predicted octanol–water partition coefficient (Wildman–Crippen LogP) is -1.91. The summed E-state index contributed by atoms with van der Waals surface area (Å²) in [7, 11) is 0. The van der Waals surface area contributed by atoms with Crippen molar-refractivity contribution in [3.63, 3.8) is 0 Å². The molecule has 0 saturated heterocycles. The van der Waals surface area contributed by atoms with E-state index in [1.807, 2.05) is 13.8 Å². The smallest absolute Gasteiger partial charge is 0.550 e. The third kappa shape index (κ3) is 8.61. The molecule has 2 heterocycles. The van der Waals surface area contributed by atoms with Crippen molar-refractivity contribution in [1.29, 1.82) is 0 Å². The summed E-state index contributed by atoms with van der Waals surface area (Å²) in [5.41, 5.74) is 1.63. The van der Waals surface area contributed by atoms with Crippen molar-refractivity contribution in [2.75, 3.05) is 6.61 Å². The number of aliphatic hydroxyl groups excluding tert-OH is 2. The zero-order valence-corrected chi connectivity index (χ0v) is 22.9. The molecule has 0 aliphatic carbocycles. The normalized spacial score (nSPS) is 12.5. The quantitative estimate of drug-likeness (QED) is 0.234. The number of carboxylic acid groups (broad SMARTS) is 1. The van der Waals surface area contributed by atoms with Crippen LogP contribution in [0.4, 0.5) is 4.39 Å². The zero-order valence-electron chi connectivity index (χ0n) is 20.9. The first-order chi connectivity index (χ1) is 17.2. The number of hydrogen-bond acceptors (Lipinski definition) is 8. The van der Waals surface area contributed by atoms with E-state index in [1.54, 1.807) is 24.4 Å². The number of carbonyl (C=O) groups excluding carboxylic acids is 2. The van der Waals surface area contributed by atoms with E-state index in [9.17, 15) is 29.3 Å². The van der Waals surface area contributed by atoms with Crippen LogP contribution in [0.1, 0.15) is 54.4 Å². The van der Waals surface area contributed by atoms with Crippen molar-refractivity contribution in [2.45, 2.75) is 51.4 Å². The Hall–Kier alpha value is -2.83. The van der Waals surface area contributed by atoms with Crippen LogP contribution < -0.4 is 44.7 Å². The number of nitrogens with one attached hydrogen (secondary N) is 1. The minimum Gasteiger partial charge on any atom is -0.550 e. The molecule has 2 aromatic heterocycles. The van der Waals surface area contributed by atoms with Crippen molar-refractivity contribution >= 4 is 11.9 Å². The molecule has 3 rings (SSSR count). The van der Waals surface area contributed by atoms with E-state index in [4.69, 9.17) is 4.74 Å². The number of hydrogen-bond donors (Lipinski definition) is 3. The number of benzene rings is 1. The van der Waals surface area contributed by atoms with Gasteiger partial charge in [0.15, 0.2) is 5.69 Å². The first-order valence-corrected chi connectivity index (χ1v) is 11.4. The number of ether oxygens (including phenoxy) is 1. The van der Waals surface area contributed by atoms with Gasteiger partial charge in [-0.1, -0.05) is 19.9 Å². The van der Waals surface area contributed by atoms with Crippen LogP contribution in [-0.2, 0) is 11.3 Å². The van der Waals surface area contributed by atoms with Gasteiger partial charge in [0.25, 0.3) is 5.91 Å². The molecule has 2 atom stereocenters. The van der Waals surface area contributed by atoms with E-state index in [0.717, 1.165) is 0 Å². The Morgan fingerprint density at radius 3 is 2.43 bits per heavy atom. The van der Waals surface area contributed by atoms with Gasteiger partial charge in [-0.2, -0.15) is 5.10 Å². The number of aliphatic carboxylic acids is 1. The number of halogens is 1. The van der Waals surface area contributed by atoms with E-state index in [1.165, 1.54) is 28.9 Å². The topological polar surface area (TPSA) is 150 Å². The fourth-order valence-electron chi connectivity index (χ4n) is 3.59. The van der Waals surface area contributed by atoms with Crippen molar-refractivity contribution in [3.8, 4) is 11.6 Å². The Kier molecular flexibility index (Phi) is 11.7. The summed E-state index contributed by atoms with van der Waals surface area (Å²) in [5, 5.41) is 37.9. The summed E-state index contributed by atoms with van der Waals surface area (Å²) >= 11 is 0. The summed E-state index contributed by atoms with van der Waals surface area (Å²) < 4.78 is 20.7. The maximum absolute atomic E-state index is 13.5. The summed E-state index contributed by atoms with van der Waals surface area (Å²) in [5.74, 6) is -2.43. The monoisotopic (exact) mass is 522 g/mol. The Morgan fingerprint density at radius 1 is 1.14 bits per heavy atom. The van der Waals surface area contributed by atoms with Crippen LogP contribution in [0.2, 0.25) is 0 Å². The van der Waals surface area contributed by atoms with Gasteiger partial charge in [0.1, 0.15) is 12.4 Å². The number of carboxylic acids is 1. The van der Waals surface area contributed by atoms with Crippen molar-refractivity contribution < 1.29 is 63.6 Å². The minimum absolute atomic E-state index is 0. The van der Waals surface area contributed by atoms with Gasteiger partial charge in [0.05, 0.1) is 30.1 Å². The minimum atomic E-state index is -1.44. The second-order valence-corrected chi connectivity index (χ2v) is 8.54. The van der Waals surface area contributed by atoms with Gasteiger partial charge in [-0.3, -0.25) is 9.78 Å². The van der Waals surface area contributed by atoms with Crippen LogP contribution >= 0.6 is 0 Å². The fraction of sp³-hybridized carbons (Fsp3) is 0.360. The molecular formula is C25H28FN4NaO6. The molecular weight excluding hydrogens is 494 g/mol. The first kappa shape index (κ1) is 30.4. The van der Waals surface area contributed by atoms with Crippen molar-refractivity contribution in [2.24, 2.45) is 0 Å². The molecule has 12 heteroatoms. The van der Waals surface area contributed by atoms with Crippen LogP contribution in [0.3, 0.4) is 0 Å². The Bertz CT molecular complexity index is 1170. The molecule has 0 spiro atoms. The second-order valence-electron chi connectivity index (χ2n) is 8.54. The van der Waals surface area contributed by atoms with Gasteiger partial charge in [-0.15, -0.1) is 0 Å². The van der Waals surface area contributed by atoms with E-state index >= 15 is 0 Å². The molecule has 3 N–H and O–H groups in total. The molecule has 0 bridgehead atoms. The van der Waals surface area contributed by atoms with Gasteiger partial charge in [-0.05, 0) is 42.3 Å². The van der Waals surface area contributed by atoms with Crippen LogP contribution in [0.5, 0.6) is 5.88 Å². The third-order valence-electron chi connectivity index (χ3n) is 5.26. The maximum Gasteiger partial charge on any atom is 1.00 e. The largest absolute Gasteiger partial charge is 1.00 e. The number of nitrogens with zero attached hydrogens (tertiary/aromatic N) is 3. The van der Waals surface area contributed by atoms with Gasteiger partial charge < -0.3 is 30.2 Å². The summed E-state index contributed by atoms with van der Waals surface area (Å²) in [6, 6.07) is 10.7. The van der Waals surface area contributed by atoms with E-state index in [0.29, 0.717) is 16.9 Å². The molecule has 1 amide bonds. The molecule has 0 fully saturated rings. The first-order valence-electron chi connectivity index (χ1n) is 11.4. The second kappa shape index (κ2) is 14.2. The molecule has 0 saturated carbocycles. The van der Waals surface area contributed by atoms with Crippen LogP contribution in [0.25, 0.3) is 5.69 Å². The molecule has 37 heavy (non-hydrogen) atoms. The summed E-state index contributed by atoms with van der Waals surface area (Å²) in [6.45, 7) is 3.54. The van der Waals surface area contributed by atoms with Gasteiger partial charge in [0.2, 0.25) is 5.88 Å². The average molecular weight is 523 g/mol. The molecule has 192 valence electrons. The van der Waals surface area contributed by atoms with Crippen molar-refractivity contribution in [3.05, 3.63) is 71.4 Å². The summed E-state index contributed by atoms with van der Waals surface area (Å²) in [4.78, 5) is 27.9. The molecule has 0 unspecified atom stereocenters. The maximum atomic E-state index is 13.5. The van der Waals surface area contributed by atoms with E-state index in [2.05, 4.69) is 15.4 Å². The van der Waals surface area contributed by atoms with Crippen LogP contribution in [-0.4, -0.2) is 55.7 Å². The molecule has 1 aromatic carbocycles. The molecule has 0 aliphatic heterocycles. The standard InChI is InChI=1S/C25H29FN4O6.Na/c1-15(2)22-23(24(35)28-13-17-5-3-4-10-27-17)29-30(18-8-6-16(26)7-9-18)25(22)36-14-20(32)11-19(31)12-21(33)34;/h3-10,15,19-20,31-32H,11-14H2,1-2H3,(H,28,35)(H,33,34);/q;+1/p-1/t19-,20+;/m1./s1. The van der Waals surface area contributed by atoms with E-state index < -0.39 is 36.3 Å². The Morgan fingerprint density at radius 2 is 1.84 bits per heavy atom. The zero-order chi connectivity index (χ0) is 26.2. The number of amides is 1. The summed E-state index contributed by atoms with van der Waals surface area (Å²) in [6.07, 6.45) is -1.79. The fourth-order valence-corrected chi connectivity index (χ4v) is 3.59. The number of rotatable bonds is 12. The SMILES string of the molecule is CC(C)c1c(C(=O)NCc2ccccn2)nn(-c2ccc(F)cc2)c1OC[C@@H](O)C[C@@H](O)CC(=O)[O-].[Na+]. The van der Waals surface area contributed by atoms with Crippen LogP contribution in [0, 0.1) is 5.82 Å². The van der Waals surface area contributed by atoms with Crippen LogP contribution in [0.15, 0.2) is 48.7 Å². The predicted molar refractivity (Wildman–Crippen MR) is 125 cm³/mol. The Balaban J connectivity index is 0.00000481. The van der Waals surface area contributed by atoms with Gasteiger partial charge in [0, 0.05) is 30.6 Å². The number of aromatic nitrogens is 3.